The lowest BCUT2D eigenvalue weighted by Crippen LogP contribution is -2.04. The molecule has 1 aliphatic rings. The first-order valence-corrected chi connectivity index (χ1v) is 3.32. The molecule has 52 valence electrons. The van der Waals surface area contributed by atoms with E-state index >= 15 is 0 Å². The SMILES string of the molecule is [2H]C1([2H])Cc2ccccc2[C@@]1([2H])N. The second-order valence-corrected chi connectivity index (χ2v) is 2.42. The molecule has 0 amide bonds. The Hall–Kier alpha value is -0.820. The topological polar surface area (TPSA) is 26.0 Å². The van der Waals surface area contributed by atoms with Crippen molar-refractivity contribution in [2.45, 2.75) is 18.8 Å². The predicted molar refractivity (Wildman–Crippen MR) is 41.7 cm³/mol. The standard InChI is InChI=1S/C9H11N/c10-9-6-5-7-3-1-2-4-8(7)9/h1-4,9H,5-6,10H2/t9-/m0/s1/i6D2,9D. The normalized spacial score (nSPS) is 39.5. The maximum atomic E-state index is 7.77. The Morgan fingerprint density at radius 1 is 1.60 bits per heavy atom. The molecule has 0 aromatic heterocycles. The van der Waals surface area contributed by atoms with Gasteiger partial charge in [0.25, 0.3) is 0 Å². The molecule has 1 aromatic carbocycles. The van der Waals surface area contributed by atoms with E-state index in [0.29, 0.717) is 5.56 Å². The number of fused-ring (bicyclic) bond motifs is 1. The van der Waals surface area contributed by atoms with Gasteiger partial charge in [0.1, 0.15) is 0 Å². The monoisotopic (exact) mass is 136 g/mol. The van der Waals surface area contributed by atoms with Crippen molar-refractivity contribution in [2.24, 2.45) is 5.73 Å². The highest BCUT2D eigenvalue weighted by Crippen LogP contribution is 2.28. The van der Waals surface area contributed by atoms with Crippen LogP contribution in [0.2, 0.25) is 0 Å². The van der Waals surface area contributed by atoms with Crippen LogP contribution in [0, 0.1) is 0 Å². The van der Waals surface area contributed by atoms with Gasteiger partial charge in [-0.15, -0.1) is 0 Å². The van der Waals surface area contributed by atoms with Gasteiger partial charge < -0.3 is 5.73 Å². The molecule has 0 heterocycles. The minimum Gasteiger partial charge on any atom is -0.324 e. The molecule has 1 nitrogen and oxygen atoms in total. The first-order valence-electron chi connectivity index (χ1n) is 4.82. The summed E-state index contributed by atoms with van der Waals surface area (Å²) in [6.07, 6.45) is -1.42. The van der Waals surface area contributed by atoms with Gasteiger partial charge in [-0.2, -0.15) is 0 Å². The zero-order chi connectivity index (χ0) is 9.69. The van der Waals surface area contributed by atoms with E-state index in [1.165, 1.54) is 0 Å². The summed E-state index contributed by atoms with van der Waals surface area (Å²) < 4.78 is 23.0. The molecule has 2 rings (SSSR count). The molecule has 1 atom stereocenters. The molecule has 1 aromatic rings. The van der Waals surface area contributed by atoms with E-state index in [9.17, 15) is 0 Å². The zero-order valence-corrected chi connectivity index (χ0v) is 5.59. The molecule has 1 heteroatoms. The Labute approximate surface area is 65.1 Å². The Balaban J connectivity index is 2.60. The van der Waals surface area contributed by atoms with Crippen LogP contribution in [0.15, 0.2) is 24.3 Å². The molecular formula is C9H11N. The predicted octanol–water partition coefficient (Wildman–Crippen LogP) is 1.63. The van der Waals surface area contributed by atoms with Gasteiger partial charge in [-0.05, 0) is 23.9 Å². The van der Waals surface area contributed by atoms with Gasteiger partial charge in [0.05, 0.1) is 1.37 Å². The first-order chi connectivity index (χ1) is 5.95. The van der Waals surface area contributed by atoms with E-state index in [-0.39, 0.29) is 6.42 Å². The van der Waals surface area contributed by atoms with Crippen LogP contribution in [-0.2, 0) is 6.42 Å². The van der Waals surface area contributed by atoms with Crippen molar-refractivity contribution in [2.75, 3.05) is 0 Å². The van der Waals surface area contributed by atoms with Crippen molar-refractivity contribution >= 4 is 0 Å². The van der Waals surface area contributed by atoms with Crippen molar-refractivity contribution in [3.05, 3.63) is 35.4 Å². The number of hydrogen-bond acceptors (Lipinski definition) is 1. The number of nitrogens with two attached hydrogens (primary N) is 1. The smallest absolute Gasteiger partial charge is 0.0514 e. The molecule has 10 heavy (non-hydrogen) atoms. The lowest BCUT2D eigenvalue weighted by atomic mass is 10.1. The van der Waals surface area contributed by atoms with Crippen molar-refractivity contribution in [1.29, 1.82) is 0 Å². The van der Waals surface area contributed by atoms with Crippen LogP contribution in [0.4, 0.5) is 0 Å². The fourth-order valence-corrected chi connectivity index (χ4v) is 1.22. The summed E-state index contributed by atoms with van der Waals surface area (Å²) in [5.74, 6) is 0. The molecule has 0 fully saturated rings. The lowest BCUT2D eigenvalue weighted by Gasteiger charge is -2.01. The number of rotatable bonds is 0. The highest BCUT2D eigenvalue weighted by atomic mass is 14.6. The summed E-state index contributed by atoms with van der Waals surface area (Å²) >= 11 is 0. The van der Waals surface area contributed by atoms with Crippen LogP contribution in [0.25, 0.3) is 0 Å². The summed E-state index contributed by atoms with van der Waals surface area (Å²) in [6.45, 7) is 0. The largest absolute Gasteiger partial charge is 0.324 e. The fraction of sp³-hybridized carbons (Fsp3) is 0.333. The van der Waals surface area contributed by atoms with Crippen LogP contribution in [0.5, 0.6) is 0 Å². The fourth-order valence-electron chi connectivity index (χ4n) is 1.22. The average Bonchev–Trinajstić information content (AvgIpc) is 2.20. The van der Waals surface area contributed by atoms with E-state index in [2.05, 4.69) is 0 Å². The number of benzene rings is 1. The van der Waals surface area contributed by atoms with E-state index in [1.807, 2.05) is 12.1 Å². The summed E-state index contributed by atoms with van der Waals surface area (Å²) in [5, 5.41) is 0. The Morgan fingerprint density at radius 3 is 3.20 bits per heavy atom. The summed E-state index contributed by atoms with van der Waals surface area (Å²) in [4.78, 5) is 0. The molecule has 0 saturated heterocycles. The van der Waals surface area contributed by atoms with Crippen LogP contribution >= 0.6 is 0 Å². The van der Waals surface area contributed by atoms with Gasteiger partial charge in [0.2, 0.25) is 0 Å². The van der Waals surface area contributed by atoms with Gasteiger partial charge >= 0.3 is 0 Å². The molecule has 2 N–H and O–H groups in total. The Kier molecular flexibility index (Phi) is 0.742. The Bertz CT molecular complexity index is 346. The first kappa shape index (κ1) is 3.54. The Morgan fingerprint density at radius 2 is 2.40 bits per heavy atom. The van der Waals surface area contributed by atoms with Crippen LogP contribution in [0.1, 0.15) is 27.6 Å². The molecule has 0 bridgehead atoms. The van der Waals surface area contributed by atoms with Gasteiger partial charge in [-0.3, -0.25) is 0 Å². The molecule has 0 unspecified atom stereocenters. The summed E-state index contributed by atoms with van der Waals surface area (Å²) in [7, 11) is 0. The van der Waals surface area contributed by atoms with Crippen molar-refractivity contribution in [3.63, 3.8) is 0 Å². The van der Waals surface area contributed by atoms with Gasteiger partial charge in [-0.1, -0.05) is 24.3 Å². The van der Waals surface area contributed by atoms with Crippen LogP contribution < -0.4 is 5.73 Å². The highest BCUT2D eigenvalue weighted by molar-refractivity contribution is 5.33. The maximum Gasteiger partial charge on any atom is 0.0514 e. The van der Waals surface area contributed by atoms with E-state index in [1.54, 1.807) is 12.1 Å². The number of aryl methyl sites for hydroxylation is 1. The summed E-state index contributed by atoms with van der Waals surface area (Å²) in [6, 6.07) is 5.60. The molecule has 0 aliphatic heterocycles. The third-order valence-electron chi connectivity index (χ3n) is 1.78. The minimum atomic E-state index is -1.66. The quantitative estimate of drug-likeness (QED) is 0.576. The number of hydrogen-bond donors (Lipinski definition) is 1. The van der Waals surface area contributed by atoms with E-state index in [4.69, 9.17) is 9.85 Å². The van der Waals surface area contributed by atoms with Gasteiger partial charge in [0.15, 0.2) is 0 Å². The second kappa shape index (κ2) is 2.10. The van der Waals surface area contributed by atoms with E-state index < -0.39 is 12.4 Å². The molecular weight excluding hydrogens is 122 g/mol. The van der Waals surface area contributed by atoms with E-state index in [0.717, 1.165) is 5.56 Å². The molecule has 0 radical (unpaired) electrons. The molecule has 1 aliphatic carbocycles. The van der Waals surface area contributed by atoms with Crippen LogP contribution in [0.3, 0.4) is 0 Å². The third kappa shape index (κ3) is 0.745. The van der Waals surface area contributed by atoms with Gasteiger partial charge in [0, 0.05) is 8.76 Å². The van der Waals surface area contributed by atoms with Crippen LogP contribution in [-0.4, -0.2) is 0 Å². The van der Waals surface area contributed by atoms with Crippen molar-refractivity contribution in [1.82, 2.24) is 0 Å². The molecule has 0 saturated carbocycles. The zero-order valence-electron chi connectivity index (χ0n) is 8.59. The van der Waals surface area contributed by atoms with Crippen molar-refractivity contribution < 1.29 is 4.11 Å². The second-order valence-electron chi connectivity index (χ2n) is 2.42. The van der Waals surface area contributed by atoms with Gasteiger partial charge in [-0.25, -0.2) is 0 Å². The minimum absolute atomic E-state index is 0.239. The summed E-state index contributed by atoms with van der Waals surface area (Å²) in [5.41, 5.74) is 7.12. The molecule has 0 spiro atoms. The lowest BCUT2D eigenvalue weighted by molar-refractivity contribution is 0.713. The maximum absolute atomic E-state index is 7.77. The van der Waals surface area contributed by atoms with Crippen molar-refractivity contribution in [3.8, 4) is 0 Å². The highest BCUT2D eigenvalue weighted by Gasteiger charge is 2.16. The third-order valence-corrected chi connectivity index (χ3v) is 1.78. The average molecular weight is 136 g/mol.